The molecule has 0 atom stereocenters. The summed E-state index contributed by atoms with van der Waals surface area (Å²) in [5, 5.41) is 8.95. The highest BCUT2D eigenvalue weighted by molar-refractivity contribution is 7.91. The zero-order valence-electron chi connectivity index (χ0n) is 16.1. The molecule has 2 aromatic carbocycles. The Labute approximate surface area is 169 Å². The molecule has 1 aromatic heterocycles. The summed E-state index contributed by atoms with van der Waals surface area (Å²) in [5.41, 5.74) is 0. The van der Waals surface area contributed by atoms with Gasteiger partial charge in [0.15, 0.2) is 6.61 Å². The number of amides is 1. The molecule has 8 nitrogen and oxygen atoms in total. The second-order valence-corrected chi connectivity index (χ2v) is 9.27. The minimum atomic E-state index is -3.55. The zero-order chi connectivity index (χ0) is 20.4. The van der Waals surface area contributed by atoms with Crippen molar-refractivity contribution in [3.63, 3.8) is 0 Å². The Bertz CT molecular complexity index is 1130. The lowest BCUT2D eigenvalue weighted by Gasteiger charge is -2.31. The molecule has 4 rings (SSSR count). The molecule has 2 heterocycles. The summed E-state index contributed by atoms with van der Waals surface area (Å²) < 4.78 is 32.5. The van der Waals surface area contributed by atoms with Gasteiger partial charge in [-0.15, -0.1) is 10.2 Å². The molecule has 9 heteroatoms. The van der Waals surface area contributed by atoms with Crippen molar-refractivity contribution in [1.82, 2.24) is 19.7 Å². The molecule has 1 amide bonds. The van der Waals surface area contributed by atoms with Crippen molar-refractivity contribution in [1.29, 1.82) is 0 Å². The van der Waals surface area contributed by atoms with Crippen LogP contribution in [0.2, 0.25) is 0 Å². The highest BCUT2D eigenvalue weighted by atomic mass is 32.2. The molecule has 0 saturated carbocycles. The molecule has 1 aliphatic heterocycles. The van der Waals surface area contributed by atoms with Gasteiger partial charge in [0.25, 0.3) is 5.91 Å². The minimum absolute atomic E-state index is 0.0260. The van der Waals surface area contributed by atoms with Crippen LogP contribution in [0.15, 0.2) is 53.9 Å². The largest absolute Gasteiger partial charge is 0.484 e. The number of hydrogen-bond donors (Lipinski definition) is 0. The number of ether oxygens (including phenoxy) is 1. The van der Waals surface area contributed by atoms with Crippen LogP contribution < -0.4 is 4.74 Å². The number of carbonyl (C=O) groups is 1. The van der Waals surface area contributed by atoms with Crippen LogP contribution in [-0.2, 0) is 21.7 Å². The second kappa shape index (κ2) is 7.82. The van der Waals surface area contributed by atoms with Gasteiger partial charge in [-0.2, -0.15) is 0 Å². The van der Waals surface area contributed by atoms with E-state index in [9.17, 15) is 13.2 Å². The van der Waals surface area contributed by atoms with E-state index in [1.165, 1.54) is 10.9 Å². The van der Waals surface area contributed by atoms with Crippen LogP contribution in [0, 0.1) is 0 Å². The number of aryl methyl sites for hydroxylation is 1. The molecule has 152 valence electrons. The molecule has 3 aromatic rings. The van der Waals surface area contributed by atoms with E-state index in [1.807, 2.05) is 42.5 Å². The van der Waals surface area contributed by atoms with Gasteiger partial charge in [0.05, 0.1) is 5.25 Å². The zero-order valence-corrected chi connectivity index (χ0v) is 16.9. The molecule has 0 aliphatic carbocycles. The SMILES string of the molecule is Cn1cnnc1S(=O)(=O)C1CCN(C(=O)COc2ccc3ccccc3c2)CC1. The van der Waals surface area contributed by atoms with Gasteiger partial charge >= 0.3 is 0 Å². The van der Waals surface area contributed by atoms with Crippen LogP contribution in [0.5, 0.6) is 5.75 Å². The number of hydrogen-bond acceptors (Lipinski definition) is 6. The van der Waals surface area contributed by atoms with E-state index in [2.05, 4.69) is 10.2 Å². The first-order chi connectivity index (χ1) is 13.9. The third-order valence-corrected chi connectivity index (χ3v) is 7.47. The molecule has 1 aliphatic rings. The van der Waals surface area contributed by atoms with Crippen molar-refractivity contribution in [3.05, 3.63) is 48.8 Å². The predicted octanol–water partition coefficient (Wildman–Crippen LogP) is 1.81. The number of piperidine rings is 1. The Morgan fingerprint density at radius 2 is 1.86 bits per heavy atom. The van der Waals surface area contributed by atoms with Crippen molar-refractivity contribution in [2.75, 3.05) is 19.7 Å². The van der Waals surface area contributed by atoms with Crippen LogP contribution >= 0.6 is 0 Å². The van der Waals surface area contributed by atoms with Gasteiger partial charge < -0.3 is 14.2 Å². The number of aromatic nitrogens is 3. The first-order valence-electron chi connectivity index (χ1n) is 9.42. The highest BCUT2D eigenvalue weighted by Crippen LogP contribution is 2.24. The van der Waals surface area contributed by atoms with Crippen LogP contribution in [0.25, 0.3) is 10.8 Å². The summed E-state index contributed by atoms with van der Waals surface area (Å²) in [6, 6.07) is 13.6. The fourth-order valence-electron chi connectivity index (χ4n) is 3.59. The van der Waals surface area contributed by atoms with Crippen molar-refractivity contribution in [3.8, 4) is 5.75 Å². The van der Waals surface area contributed by atoms with Crippen LogP contribution in [-0.4, -0.2) is 58.9 Å². The summed E-state index contributed by atoms with van der Waals surface area (Å²) in [6.07, 6.45) is 2.11. The maximum atomic E-state index is 12.7. The molecule has 1 fully saturated rings. The molecular formula is C20H22N4O4S. The van der Waals surface area contributed by atoms with Gasteiger partial charge in [0, 0.05) is 20.1 Å². The van der Waals surface area contributed by atoms with Crippen LogP contribution in [0.3, 0.4) is 0 Å². The average molecular weight is 414 g/mol. The summed E-state index contributed by atoms with van der Waals surface area (Å²) in [4.78, 5) is 14.2. The molecule has 0 spiro atoms. The predicted molar refractivity (Wildman–Crippen MR) is 107 cm³/mol. The van der Waals surface area contributed by atoms with Crippen molar-refractivity contribution in [2.45, 2.75) is 23.2 Å². The molecule has 1 saturated heterocycles. The number of fused-ring (bicyclic) bond motifs is 1. The molecule has 0 bridgehead atoms. The number of carbonyl (C=O) groups excluding carboxylic acids is 1. The topological polar surface area (TPSA) is 94.4 Å². The van der Waals surface area contributed by atoms with E-state index in [1.54, 1.807) is 11.9 Å². The molecule has 0 unspecified atom stereocenters. The van der Waals surface area contributed by atoms with E-state index in [0.717, 1.165) is 10.8 Å². The number of rotatable bonds is 5. The van der Waals surface area contributed by atoms with Gasteiger partial charge in [-0.1, -0.05) is 30.3 Å². The van der Waals surface area contributed by atoms with Gasteiger partial charge in [0.1, 0.15) is 12.1 Å². The molecular weight excluding hydrogens is 392 g/mol. The summed E-state index contributed by atoms with van der Waals surface area (Å²) >= 11 is 0. The standard InChI is InChI=1S/C20H22N4O4S/c1-23-14-21-22-20(23)29(26,27)18-8-10-24(11-9-18)19(25)13-28-17-7-6-15-4-2-3-5-16(15)12-17/h2-7,12,14,18H,8-11,13H2,1H3. The number of sulfone groups is 1. The molecule has 0 N–H and O–H groups in total. The lowest BCUT2D eigenvalue weighted by Crippen LogP contribution is -2.44. The van der Waals surface area contributed by atoms with Crippen LogP contribution in [0.1, 0.15) is 12.8 Å². The number of likely N-dealkylation sites (tertiary alicyclic amines) is 1. The normalized spacial score (nSPS) is 15.6. The third kappa shape index (κ3) is 3.95. The minimum Gasteiger partial charge on any atom is -0.484 e. The van der Waals surface area contributed by atoms with Crippen molar-refractivity contribution < 1.29 is 17.9 Å². The van der Waals surface area contributed by atoms with Gasteiger partial charge in [0.2, 0.25) is 15.0 Å². The van der Waals surface area contributed by atoms with Gasteiger partial charge in [-0.25, -0.2) is 8.42 Å². The van der Waals surface area contributed by atoms with Crippen molar-refractivity contribution in [2.24, 2.45) is 7.05 Å². The Morgan fingerprint density at radius 3 is 2.55 bits per heavy atom. The third-order valence-electron chi connectivity index (χ3n) is 5.24. The van der Waals surface area contributed by atoms with Gasteiger partial charge in [-0.05, 0) is 35.7 Å². The Kier molecular flexibility index (Phi) is 5.23. The van der Waals surface area contributed by atoms with Crippen LogP contribution in [0.4, 0.5) is 0 Å². The number of benzene rings is 2. The Hall–Kier alpha value is -2.94. The summed E-state index contributed by atoms with van der Waals surface area (Å²) in [6.45, 7) is 0.683. The fourth-order valence-corrected chi connectivity index (χ4v) is 5.33. The Balaban J connectivity index is 1.33. The van der Waals surface area contributed by atoms with Crippen molar-refractivity contribution >= 4 is 26.5 Å². The highest BCUT2D eigenvalue weighted by Gasteiger charge is 2.35. The average Bonchev–Trinajstić information content (AvgIpc) is 3.18. The van der Waals surface area contributed by atoms with E-state index < -0.39 is 15.1 Å². The maximum absolute atomic E-state index is 12.7. The maximum Gasteiger partial charge on any atom is 0.260 e. The molecule has 0 radical (unpaired) electrons. The lowest BCUT2D eigenvalue weighted by molar-refractivity contribution is -0.134. The van der Waals surface area contributed by atoms with E-state index >= 15 is 0 Å². The summed E-state index contributed by atoms with van der Waals surface area (Å²) in [7, 11) is -1.95. The monoisotopic (exact) mass is 414 g/mol. The second-order valence-electron chi connectivity index (χ2n) is 7.15. The fraction of sp³-hybridized carbons (Fsp3) is 0.350. The van der Waals surface area contributed by atoms with E-state index in [4.69, 9.17) is 4.74 Å². The van der Waals surface area contributed by atoms with E-state index in [0.29, 0.717) is 31.7 Å². The number of nitrogens with zero attached hydrogens (tertiary/aromatic N) is 4. The quantitative estimate of drug-likeness (QED) is 0.632. The van der Waals surface area contributed by atoms with Gasteiger partial charge in [-0.3, -0.25) is 4.79 Å². The first kappa shape index (κ1) is 19.4. The smallest absolute Gasteiger partial charge is 0.260 e. The first-order valence-corrected chi connectivity index (χ1v) is 11.0. The van der Waals surface area contributed by atoms with E-state index in [-0.39, 0.29) is 17.7 Å². The molecule has 29 heavy (non-hydrogen) atoms. The summed E-state index contributed by atoms with van der Waals surface area (Å²) in [5.74, 6) is 0.490. The lowest BCUT2D eigenvalue weighted by atomic mass is 10.1. The Morgan fingerprint density at radius 1 is 1.14 bits per heavy atom.